The Kier molecular flexibility index (Phi) is 5.64. The molecule has 20 heavy (non-hydrogen) atoms. The average molecular weight is 316 g/mol. The van der Waals surface area contributed by atoms with Gasteiger partial charge in [-0.1, -0.05) is 24.4 Å². The second-order valence-corrected chi connectivity index (χ2v) is 7.08. The minimum atomic E-state index is -3.61. The number of sulfonamides is 1. The molecule has 5 nitrogen and oxygen atoms in total. The molecule has 0 aliphatic heterocycles. The fraction of sp³-hybridized carbons (Fsp3) is 0.462. The molecule has 0 spiro atoms. The van der Waals surface area contributed by atoms with Crippen molar-refractivity contribution in [3.63, 3.8) is 0 Å². The third kappa shape index (κ3) is 3.54. The van der Waals surface area contributed by atoms with Crippen molar-refractivity contribution < 1.29 is 13.2 Å². The smallest absolute Gasteiger partial charge is 0.243 e. The zero-order valence-corrected chi connectivity index (χ0v) is 13.7. The van der Waals surface area contributed by atoms with Crippen LogP contribution < -0.4 is 5.73 Å². The van der Waals surface area contributed by atoms with Gasteiger partial charge in [-0.25, -0.2) is 8.42 Å². The van der Waals surface area contributed by atoms with Crippen molar-refractivity contribution in [3.8, 4) is 0 Å². The van der Waals surface area contributed by atoms with Crippen molar-refractivity contribution in [2.24, 2.45) is 5.73 Å². The van der Waals surface area contributed by atoms with E-state index < -0.39 is 10.0 Å². The number of aryl methyl sites for hydroxylation is 1. The Labute approximate surface area is 125 Å². The number of nitrogens with two attached hydrogens (primary N) is 1. The topological polar surface area (TPSA) is 72.6 Å². The first-order valence-corrected chi connectivity index (χ1v) is 7.94. The molecule has 2 N–H and O–H groups in total. The molecule has 1 rings (SSSR count). The summed E-state index contributed by atoms with van der Waals surface area (Å²) in [6.45, 7) is 3.85. The van der Waals surface area contributed by atoms with Crippen LogP contribution >= 0.6 is 12.2 Å². The molecule has 0 aromatic heterocycles. The largest absolute Gasteiger partial charge is 0.389 e. The molecular weight excluding hydrogens is 296 g/mol. The molecule has 0 amide bonds. The summed E-state index contributed by atoms with van der Waals surface area (Å²) in [4.78, 5) is 0.391. The Morgan fingerprint density at radius 1 is 1.50 bits per heavy atom. The molecule has 0 saturated heterocycles. The summed E-state index contributed by atoms with van der Waals surface area (Å²) in [5.74, 6) is 0. The first kappa shape index (κ1) is 17.0. The molecule has 0 fully saturated rings. The van der Waals surface area contributed by atoms with Crippen LogP contribution in [-0.4, -0.2) is 44.5 Å². The molecule has 112 valence electrons. The number of hydrogen-bond donors (Lipinski definition) is 1. The van der Waals surface area contributed by atoms with E-state index in [0.717, 1.165) is 0 Å². The predicted molar refractivity (Wildman–Crippen MR) is 83.4 cm³/mol. The summed E-state index contributed by atoms with van der Waals surface area (Å²) in [5.41, 5.74) is 6.76. The summed E-state index contributed by atoms with van der Waals surface area (Å²) in [6, 6.07) is 4.67. The molecule has 1 aromatic carbocycles. The Hall–Kier alpha value is -1.02. The van der Waals surface area contributed by atoms with Crippen LogP contribution in [0.3, 0.4) is 0 Å². The summed E-state index contributed by atoms with van der Waals surface area (Å²) < 4.78 is 31.6. The third-order valence-corrected chi connectivity index (χ3v) is 5.51. The molecule has 1 unspecified atom stereocenters. The number of nitrogens with zero attached hydrogens (tertiary/aromatic N) is 1. The highest BCUT2D eigenvalue weighted by atomic mass is 32.2. The lowest BCUT2D eigenvalue weighted by atomic mass is 10.1. The Bertz CT molecular complexity index is 600. The number of hydrogen-bond acceptors (Lipinski definition) is 4. The zero-order chi connectivity index (χ0) is 15.5. The van der Waals surface area contributed by atoms with E-state index in [0.29, 0.717) is 17.7 Å². The van der Waals surface area contributed by atoms with Crippen molar-refractivity contribution in [2.45, 2.75) is 24.8 Å². The molecule has 1 atom stereocenters. The van der Waals surface area contributed by atoms with Gasteiger partial charge in [-0.05, 0) is 25.5 Å². The second-order valence-electron chi connectivity index (χ2n) is 4.67. The number of ether oxygens (including phenoxy) is 1. The van der Waals surface area contributed by atoms with E-state index in [4.69, 9.17) is 22.7 Å². The highest BCUT2D eigenvalue weighted by Crippen LogP contribution is 2.22. The summed E-state index contributed by atoms with van der Waals surface area (Å²) in [6.07, 6.45) is 0. The minimum absolute atomic E-state index is 0.175. The lowest BCUT2D eigenvalue weighted by Gasteiger charge is -2.24. The lowest BCUT2D eigenvalue weighted by molar-refractivity contribution is 0.149. The number of thiocarbonyl (C=S) groups is 1. The highest BCUT2D eigenvalue weighted by Gasteiger charge is 2.27. The Morgan fingerprint density at radius 3 is 2.60 bits per heavy atom. The van der Waals surface area contributed by atoms with Crippen molar-refractivity contribution in [2.75, 3.05) is 20.8 Å². The maximum atomic E-state index is 12.6. The molecule has 7 heteroatoms. The Morgan fingerprint density at radius 2 is 2.10 bits per heavy atom. The molecule has 0 heterocycles. The summed E-state index contributed by atoms with van der Waals surface area (Å²) in [7, 11) is -0.538. The van der Waals surface area contributed by atoms with Crippen LogP contribution in [0, 0.1) is 6.92 Å². The van der Waals surface area contributed by atoms with E-state index in [9.17, 15) is 8.42 Å². The van der Waals surface area contributed by atoms with E-state index in [1.54, 1.807) is 26.0 Å². The lowest BCUT2D eigenvalue weighted by Crippen LogP contribution is -2.38. The fourth-order valence-corrected chi connectivity index (χ4v) is 3.49. The van der Waals surface area contributed by atoms with Gasteiger partial charge in [-0.15, -0.1) is 0 Å². The van der Waals surface area contributed by atoms with Crippen molar-refractivity contribution in [1.82, 2.24) is 4.31 Å². The maximum absolute atomic E-state index is 12.6. The van der Waals surface area contributed by atoms with E-state index in [1.165, 1.54) is 24.5 Å². The Balaban J connectivity index is 3.27. The van der Waals surface area contributed by atoms with Gasteiger partial charge in [-0.3, -0.25) is 0 Å². The molecule has 0 bridgehead atoms. The van der Waals surface area contributed by atoms with Crippen LogP contribution in [0.5, 0.6) is 0 Å². The van der Waals surface area contributed by atoms with E-state index in [1.807, 2.05) is 0 Å². The highest BCUT2D eigenvalue weighted by molar-refractivity contribution is 7.89. The van der Waals surface area contributed by atoms with Crippen molar-refractivity contribution in [3.05, 3.63) is 29.3 Å². The zero-order valence-electron chi connectivity index (χ0n) is 12.1. The van der Waals surface area contributed by atoms with Gasteiger partial charge in [0, 0.05) is 25.8 Å². The van der Waals surface area contributed by atoms with Crippen LogP contribution in [-0.2, 0) is 14.8 Å². The average Bonchev–Trinajstić information content (AvgIpc) is 2.37. The van der Waals surface area contributed by atoms with Gasteiger partial charge in [-0.2, -0.15) is 4.31 Å². The van der Waals surface area contributed by atoms with Crippen LogP contribution in [0.1, 0.15) is 18.1 Å². The number of likely N-dealkylation sites (N-methyl/N-ethyl adjacent to an activating group) is 1. The van der Waals surface area contributed by atoms with Gasteiger partial charge in [0.05, 0.1) is 11.5 Å². The maximum Gasteiger partial charge on any atom is 0.243 e. The monoisotopic (exact) mass is 316 g/mol. The van der Waals surface area contributed by atoms with Crippen LogP contribution in [0.25, 0.3) is 0 Å². The standard InChI is InChI=1S/C13H20N2O3S2/c1-9-5-6-11(13(14)19)7-12(9)20(16,17)15(3)10(2)8-18-4/h5-7,10H,8H2,1-4H3,(H2,14,19). The molecular formula is C13H20N2O3S2. The van der Waals surface area contributed by atoms with Crippen LogP contribution in [0.15, 0.2) is 23.1 Å². The quantitative estimate of drug-likeness (QED) is 0.801. The van der Waals surface area contributed by atoms with Crippen molar-refractivity contribution in [1.29, 1.82) is 0 Å². The number of methoxy groups -OCH3 is 1. The predicted octanol–water partition coefficient (Wildman–Crippen LogP) is 1.28. The number of benzene rings is 1. The fourth-order valence-electron chi connectivity index (χ4n) is 1.77. The van der Waals surface area contributed by atoms with E-state index in [2.05, 4.69) is 0 Å². The van der Waals surface area contributed by atoms with Crippen molar-refractivity contribution >= 4 is 27.2 Å². The number of rotatable bonds is 6. The van der Waals surface area contributed by atoms with E-state index >= 15 is 0 Å². The first-order chi connectivity index (χ1) is 9.21. The SMILES string of the molecule is COCC(C)N(C)S(=O)(=O)c1cc(C(N)=S)ccc1C. The molecule has 0 aliphatic rings. The molecule has 0 radical (unpaired) electrons. The normalized spacial score (nSPS) is 13.4. The minimum Gasteiger partial charge on any atom is -0.389 e. The van der Waals surface area contributed by atoms with Gasteiger partial charge >= 0.3 is 0 Å². The summed E-state index contributed by atoms with van der Waals surface area (Å²) >= 11 is 4.90. The van der Waals surface area contributed by atoms with Gasteiger partial charge in [0.25, 0.3) is 0 Å². The third-order valence-electron chi connectivity index (χ3n) is 3.16. The molecule has 1 aromatic rings. The van der Waals surface area contributed by atoms with Gasteiger partial charge < -0.3 is 10.5 Å². The van der Waals surface area contributed by atoms with Gasteiger partial charge in [0.15, 0.2) is 0 Å². The summed E-state index contributed by atoms with van der Waals surface area (Å²) in [5, 5.41) is 0. The van der Waals surface area contributed by atoms with E-state index in [-0.39, 0.29) is 15.9 Å². The van der Waals surface area contributed by atoms with Gasteiger partial charge in [0.2, 0.25) is 10.0 Å². The van der Waals surface area contributed by atoms with Crippen LogP contribution in [0.2, 0.25) is 0 Å². The second kappa shape index (κ2) is 6.62. The van der Waals surface area contributed by atoms with Gasteiger partial charge in [0.1, 0.15) is 4.99 Å². The first-order valence-electron chi connectivity index (χ1n) is 6.09. The van der Waals surface area contributed by atoms with Crippen LogP contribution in [0.4, 0.5) is 0 Å². The molecule has 0 saturated carbocycles. The molecule has 0 aliphatic carbocycles.